The zero-order chi connectivity index (χ0) is 16.9. The summed E-state index contributed by atoms with van der Waals surface area (Å²) in [5, 5.41) is 11.3. The lowest BCUT2D eigenvalue weighted by molar-refractivity contribution is -0.122. The first kappa shape index (κ1) is 16.9. The number of benzene rings is 1. The standard InChI is InChI=1S/C16H17N3O3S2/c1-22-12-7-5-10(6-8-12)13(20)9-23-16-19-18-15(24-16)17-14(21)11-3-2-4-11/h5-8,11H,2-4,9H2,1H3,(H,17,18,21). The Morgan fingerprint density at radius 1 is 1.29 bits per heavy atom. The third kappa shape index (κ3) is 4.12. The quantitative estimate of drug-likeness (QED) is 0.462. The number of ether oxygens (including phenoxy) is 1. The lowest BCUT2D eigenvalue weighted by Crippen LogP contribution is -2.27. The van der Waals surface area contributed by atoms with Gasteiger partial charge < -0.3 is 10.1 Å². The molecule has 1 fully saturated rings. The number of thioether (sulfide) groups is 1. The van der Waals surface area contributed by atoms with Crippen molar-refractivity contribution in [1.82, 2.24) is 10.2 Å². The second-order valence-electron chi connectivity index (χ2n) is 5.43. The van der Waals surface area contributed by atoms with Gasteiger partial charge in [-0.1, -0.05) is 29.5 Å². The molecule has 6 nitrogen and oxygen atoms in total. The van der Waals surface area contributed by atoms with Crippen molar-refractivity contribution in [2.45, 2.75) is 23.6 Å². The van der Waals surface area contributed by atoms with Crippen molar-refractivity contribution in [3.05, 3.63) is 29.8 Å². The summed E-state index contributed by atoms with van der Waals surface area (Å²) in [4.78, 5) is 24.0. The SMILES string of the molecule is COc1ccc(C(=O)CSc2nnc(NC(=O)C3CCC3)s2)cc1. The number of hydrogen-bond acceptors (Lipinski definition) is 7. The van der Waals surface area contributed by atoms with Gasteiger partial charge in [0, 0.05) is 11.5 Å². The summed E-state index contributed by atoms with van der Waals surface area (Å²) in [6, 6.07) is 7.01. The minimum Gasteiger partial charge on any atom is -0.497 e. The normalized spacial score (nSPS) is 14.0. The van der Waals surface area contributed by atoms with Crippen LogP contribution in [0, 0.1) is 5.92 Å². The van der Waals surface area contributed by atoms with Crippen molar-refractivity contribution in [1.29, 1.82) is 0 Å². The number of amides is 1. The van der Waals surface area contributed by atoms with E-state index < -0.39 is 0 Å². The van der Waals surface area contributed by atoms with Crippen molar-refractivity contribution in [3.63, 3.8) is 0 Å². The fourth-order valence-electron chi connectivity index (χ4n) is 2.18. The lowest BCUT2D eigenvalue weighted by Gasteiger charge is -2.23. The Morgan fingerprint density at radius 2 is 2.04 bits per heavy atom. The molecule has 3 rings (SSSR count). The molecule has 0 aliphatic heterocycles. The molecule has 126 valence electrons. The summed E-state index contributed by atoms with van der Waals surface area (Å²) in [7, 11) is 1.59. The average Bonchev–Trinajstić information content (AvgIpc) is 2.98. The number of methoxy groups -OCH3 is 1. The van der Waals surface area contributed by atoms with Crippen molar-refractivity contribution >= 4 is 39.9 Å². The number of ketones is 1. The summed E-state index contributed by atoms with van der Waals surface area (Å²) < 4.78 is 5.74. The number of carbonyl (C=O) groups is 2. The van der Waals surface area contributed by atoms with E-state index in [-0.39, 0.29) is 23.4 Å². The van der Waals surface area contributed by atoms with E-state index in [9.17, 15) is 9.59 Å². The van der Waals surface area contributed by atoms with Gasteiger partial charge in [-0.25, -0.2) is 0 Å². The van der Waals surface area contributed by atoms with E-state index in [1.807, 2.05) is 0 Å². The molecule has 0 unspecified atom stereocenters. The van der Waals surface area contributed by atoms with Crippen LogP contribution in [0.2, 0.25) is 0 Å². The first-order valence-corrected chi connectivity index (χ1v) is 9.40. The third-order valence-corrected chi connectivity index (χ3v) is 5.82. The van der Waals surface area contributed by atoms with Crippen LogP contribution in [-0.4, -0.2) is 34.8 Å². The van der Waals surface area contributed by atoms with Crippen LogP contribution in [0.1, 0.15) is 29.6 Å². The summed E-state index contributed by atoms with van der Waals surface area (Å²) >= 11 is 2.62. The summed E-state index contributed by atoms with van der Waals surface area (Å²) in [5.74, 6) is 1.13. The molecule has 1 aliphatic rings. The Kier molecular flexibility index (Phi) is 5.47. The molecule has 1 N–H and O–H groups in total. The molecule has 1 heterocycles. The monoisotopic (exact) mass is 363 g/mol. The maximum atomic E-state index is 12.2. The Bertz CT molecular complexity index is 726. The highest BCUT2D eigenvalue weighted by Gasteiger charge is 2.26. The number of hydrogen-bond donors (Lipinski definition) is 1. The molecular weight excluding hydrogens is 346 g/mol. The van der Waals surface area contributed by atoms with Crippen LogP contribution in [0.3, 0.4) is 0 Å². The zero-order valence-corrected chi connectivity index (χ0v) is 14.8. The number of nitrogens with zero attached hydrogens (tertiary/aromatic N) is 2. The van der Waals surface area contributed by atoms with E-state index in [2.05, 4.69) is 15.5 Å². The van der Waals surface area contributed by atoms with Gasteiger partial charge in [-0.05, 0) is 37.1 Å². The van der Waals surface area contributed by atoms with Crippen molar-refractivity contribution in [2.24, 2.45) is 5.92 Å². The molecule has 8 heteroatoms. The molecule has 1 saturated carbocycles. The number of Topliss-reactive ketones (excluding diaryl/α,β-unsaturated/α-hetero) is 1. The minimum absolute atomic E-state index is 0.0120. The fraction of sp³-hybridized carbons (Fsp3) is 0.375. The average molecular weight is 363 g/mol. The summed E-state index contributed by atoms with van der Waals surface area (Å²) in [6.07, 6.45) is 3.01. The number of carbonyl (C=O) groups excluding carboxylic acids is 2. The van der Waals surface area contributed by atoms with Gasteiger partial charge in [0.25, 0.3) is 0 Å². The van der Waals surface area contributed by atoms with Gasteiger partial charge >= 0.3 is 0 Å². The van der Waals surface area contributed by atoms with Crippen molar-refractivity contribution in [3.8, 4) is 5.75 Å². The molecule has 1 aromatic heterocycles. The Balaban J connectivity index is 1.50. The molecule has 24 heavy (non-hydrogen) atoms. The molecule has 1 aliphatic carbocycles. The van der Waals surface area contributed by atoms with Gasteiger partial charge in [-0.3, -0.25) is 9.59 Å². The van der Waals surface area contributed by atoms with Gasteiger partial charge in [0.05, 0.1) is 12.9 Å². The molecule has 1 amide bonds. The number of anilines is 1. The molecule has 0 bridgehead atoms. The molecule has 0 atom stereocenters. The maximum Gasteiger partial charge on any atom is 0.229 e. The van der Waals surface area contributed by atoms with E-state index in [0.29, 0.717) is 15.0 Å². The van der Waals surface area contributed by atoms with Gasteiger partial charge in [0.1, 0.15) is 5.75 Å². The number of rotatable bonds is 7. The van der Waals surface area contributed by atoms with Crippen LogP contribution in [0.5, 0.6) is 5.75 Å². The second-order valence-corrected chi connectivity index (χ2v) is 7.63. The van der Waals surface area contributed by atoms with E-state index in [0.717, 1.165) is 25.0 Å². The molecular formula is C16H17N3O3S2. The predicted octanol–water partition coefficient (Wildman–Crippen LogP) is 3.26. The van der Waals surface area contributed by atoms with E-state index in [1.165, 1.54) is 23.1 Å². The Hall–Kier alpha value is -1.93. The van der Waals surface area contributed by atoms with Crippen LogP contribution in [0.25, 0.3) is 0 Å². The lowest BCUT2D eigenvalue weighted by atomic mass is 9.85. The van der Waals surface area contributed by atoms with Crippen LogP contribution >= 0.6 is 23.1 Å². The molecule has 0 spiro atoms. The van der Waals surface area contributed by atoms with Crippen molar-refractivity contribution < 1.29 is 14.3 Å². The summed E-state index contributed by atoms with van der Waals surface area (Å²) in [5.41, 5.74) is 0.631. The second kappa shape index (κ2) is 7.76. The third-order valence-electron chi connectivity index (χ3n) is 3.85. The van der Waals surface area contributed by atoms with Gasteiger partial charge in [0.2, 0.25) is 11.0 Å². The summed E-state index contributed by atoms with van der Waals surface area (Å²) in [6.45, 7) is 0. The van der Waals surface area contributed by atoms with Gasteiger partial charge in [-0.15, -0.1) is 10.2 Å². The maximum absolute atomic E-state index is 12.2. The van der Waals surface area contributed by atoms with E-state index in [4.69, 9.17) is 4.74 Å². The van der Waals surface area contributed by atoms with Crippen LogP contribution < -0.4 is 10.1 Å². The first-order valence-electron chi connectivity index (χ1n) is 7.60. The van der Waals surface area contributed by atoms with Crippen LogP contribution in [0.15, 0.2) is 28.6 Å². The molecule has 1 aromatic carbocycles. The predicted molar refractivity (Wildman–Crippen MR) is 93.9 cm³/mol. The van der Waals surface area contributed by atoms with Crippen molar-refractivity contribution in [2.75, 3.05) is 18.2 Å². The number of aromatic nitrogens is 2. The Morgan fingerprint density at radius 3 is 2.67 bits per heavy atom. The molecule has 0 radical (unpaired) electrons. The topological polar surface area (TPSA) is 81.2 Å². The highest BCUT2D eigenvalue weighted by atomic mass is 32.2. The van der Waals surface area contributed by atoms with Crippen LogP contribution in [0.4, 0.5) is 5.13 Å². The zero-order valence-electron chi connectivity index (χ0n) is 13.2. The minimum atomic E-state index is 0.0120. The molecule has 2 aromatic rings. The smallest absolute Gasteiger partial charge is 0.229 e. The highest BCUT2D eigenvalue weighted by molar-refractivity contribution is 8.01. The van der Waals surface area contributed by atoms with E-state index in [1.54, 1.807) is 31.4 Å². The largest absolute Gasteiger partial charge is 0.497 e. The fourth-order valence-corrected chi connectivity index (χ4v) is 3.83. The van der Waals surface area contributed by atoms with Crippen LogP contribution in [-0.2, 0) is 4.79 Å². The van der Waals surface area contributed by atoms with Gasteiger partial charge in [0.15, 0.2) is 10.1 Å². The first-order chi connectivity index (χ1) is 11.7. The Labute approximate surface area is 148 Å². The van der Waals surface area contributed by atoms with Gasteiger partial charge in [-0.2, -0.15) is 0 Å². The highest BCUT2D eigenvalue weighted by Crippen LogP contribution is 2.30. The molecule has 0 saturated heterocycles. The number of nitrogens with one attached hydrogen (secondary N) is 1. The van der Waals surface area contributed by atoms with E-state index >= 15 is 0 Å².